The van der Waals surface area contributed by atoms with Crippen LogP contribution in [0, 0.1) is 6.92 Å². The van der Waals surface area contributed by atoms with Gasteiger partial charge in [-0.15, -0.1) is 0 Å². The fourth-order valence-electron chi connectivity index (χ4n) is 4.77. The Kier molecular flexibility index (Phi) is 5.50. The second kappa shape index (κ2) is 8.03. The third-order valence-corrected chi connectivity index (χ3v) is 6.45. The van der Waals surface area contributed by atoms with Crippen molar-refractivity contribution in [1.29, 1.82) is 0 Å². The Labute approximate surface area is 161 Å². The van der Waals surface area contributed by atoms with Gasteiger partial charge in [-0.05, 0) is 50.8 Å². The van der Waals surface area contributed by atoms with Crippen molar-refractivity contribution >= 4 is 16.6 Å². The molecule has 2 saturated heterocycles. The van der Waals surface area contributed by atoms with Crippen LogP contribution in [0.25, 0.3) is 10.9 Å². The minimum Gasteiger partial charge on any atom is -0.378 e. The number of anilines is 1. The summed E-state index contributed by atoms with van der Waals surface area (Å²) >= 11 is 0. The lowest BCUT2D eigenvalue weighted by molar-refractivity contribution is -0.944. The van der Waals surface area contributed by atoms with Crippen molar-refractivity contribution in [2.24, 2.45) is 0 Å². The number of aromatic amines is 1. The molecule has 146 valence electrons. The predicted molar refractivity (Wildman–Crippen MR) is 110 cm³/mol. The molecule has 1 aromatic carbocycles. The van der Waals surface area contributed by atoms with Gasteiger partial charge in [-0.25, -0.2) is 0 Å². The molecule has 2 aliphatic rings. The van der Waals surface area contributed by atoms with Crippen LogP contribution in [0.15, 0.2) is 23.0 Å². The number of ether oxygens (including phenoxy) is 1. The number of morpholine rings is 1. The largest absolute Gasteiger partial charge is 0.378 e. The van der Waals surface area contributed by atoms with Gasteiger partial charge in [0, 0.05) is 35.4 Å². The summed E-state index contributed by atoms with van der Waals surface area (Å²) in [7, 11) is 0. The molecular formula is C22H32N3O2+. The molecule has 2 atom stereocenters. The lowest BCUT2D eigenvalue weighted by Crippen LogP contribution is -3.15. The number of benzene rings is 1. The zero-order valence-corrected chi connectivity index (χ0v) is 16.6. The van der Waals surface area contributed by atoms with E-state index in [2.05, 4.69) is 41.9 Å². The first kappa shape index (κ1) is 18.5. The highest BCUT2D eigenvalue weighted by Crippen LogP contribution is 2.21. The van der Waals surface area contributed by atoms with Gasteiger partial charge in [-0.1, -0.05) is 6.92 Å². The average Bonchev–Trinajstić information content (AvgIpc) is 2.72. The Hall–Kier alpha value is -1.85. The van der Waals surface area contributed by atoms with E-state index in [9.17, 15) is 4.79 Å². The van der Waals surface area contributed by atoms with E-state index in [-0.39, 0.29) is 5.43 Å². The number of piperidine rings is 1. The van der Waals surface area contributed by atoms with Gasteiger partial charge >= 0.3 is 0 Å². The third kappa shape index (κ3) is 3.76. The molecule has 0 bridgehead atoms. The molecule has 2 aromatic rings. The summed E-state index contributed by atoms with van der Waals surface area (Å²) in [5.41, 5.74) is 4.28. The standard InChI is InChI=1S/C22H31N3O2/c1-3-17-6-4-5-9-25(17)15-20-16(2)23-21-8-7-18(14-19(21)22(20)26)24-10-12-27-13-11-24/h7-8,14,17H,3-6,9-13,15H2,1-2H3,(H,23,26)/p+1. The molecule has 5 heteroatoms. The van der Waals surface area contributed by atoms with E-state index in [0.29, 0.717) is 6.04 Å². The molecule has 2 fully saturated rings. The van der Waals surface area contributed by atoms with Crippen LogP contribution in [0.4, 0.5) is 5.69 Å². The monoisotopic (exact) mass is 370 g/mol. The highest BCUT2D eigenvalue weighted by atomic mass is 16.5. The number of hydrogen-bond donors (Lipinski definition) is 2. The van der Waals surface area contributed by atoms with Crippen molar-refractivity contribution in [2.75, 3.05) is 37.7 Å². The highest BCUT2D eigenvalue weighted by molar-refractivity contribution is 5.83. The van der Waals surface area contributed by atoms with Crippen LogP contribution in [0.3, 0.4) is 0 Å². The first-order valence-corrected chi connectivity index (χ1v) is 10.5. The Morgan fingerprint density at radius 1 is 1.26 bits per heavy atom. The molecule has 3 heterocycles. The molecule has 2 unspecified atom stereocenters. The number of likely N-dealkylation sites (tertiary alicyclic amines) is 1. The molecule has 0 amide bonds. The van der Waals surface area contributed by atoms with E-state index in [4.69, 9.17) is 4.74 Å². The second-order valence-corrected chi connectivity index (χ2v) is 8.07. The lowest BCUT2D eigenvalue weighted by Gasteiger charge is -2.32. The zero-order chi connectivity index (χ0) is 18.8. The van der Waals surface area contributed by atoms with Gasteiger partial charge in [0.1, 0.15) is 6.54 Å². The summed E-state index contributed by atoms with van der Waals surface area (Å²) in [6.07, 6.45) is 5.09. The maximum Gasteiger partial charge on any atom is 0.198 e. The van der Waals surface area contributed by atoms with Crippen LogP contribution in [-0.2, 0) is 11.3 Å². The van der Waals surface area contributed by atoms with Gasteiger partial charge in [0.2, 0.25) is 0 Å². The number of pyridine rings is 1. The fraction of sp³-hybridized carbons (Fsp3) is 0.591. The number of quaternary nitrogens is 1. The van der Waals surface area contributed by atoms with Crippen LogP contribution in [-0.4, -0.2) is 43.9 Å². The summed E-state index contributed by atoms with van der Waals surface area (Å²) in [6.45, 7) is 9.64. The molecule has 0 radical (unpaired) electrons. The number of aryl methyl sites for hydroxylation is 1. The molecule has 2 aliphatic heterocycles. The normalized spacial score (nSPS) is 23.7. The van der Waals surface area contributed by atoms with Gasteiger partial charge in [0.15, 0.2) is 5.43 Å². The molecule has 0 saturated carbocycles. The Morgan fingerprint density at radius 3 is 2.85 bits per heavy atom. The molecule has 0 spiro atoms. The topological polar surface area (TPSA) is 49.8 Å². The minimum absolute atomic E-state index is 0.212. The van der Waals surface area contributed by atoms with Crippen LogP contribution in [0.1, 0.15) is 43.9 Å². The number of fused-ring (bicyclic) bond motifs is 1. The predicted octanol–water partition coefficient (Wildman–Crippen LogP) is 2.02. The smallest absolute Gasteiger partial charge is 0.198 e. The van der Waals surface area contributed by atoms with Crippen molar-refractivity contribution in [1.82, 2.24) is 4.98 Å². The quantitative estimate of drug-likeness (QED) is 0.866. The second-order valence-electron chi connectivity index (χ2n) is 8.07. The first-order chi connectivity index (χ1) is 13.2. The van der Waals surface area contributed by atoms with Crippen LogP contribution >= 0.6 is 0 Å². The van der Waals surface area contributed by atoms with Gasteiger partial charge in [0.05, 0.1) is 31.4 Å². The van der Waals surface area contributed by atoms with Crippen molar-refractivity contribution < 1.29 is 9.64 Å². The van der Waals surface area contributed by atoms with E-state index in [1.54, 1.807) is 4.90 Å². The van der Waals surface area contributed by atoms with E-state index < -0.39 is 0 Å². The Bertz CT molecular complexity index is 854. The summed E-state index contributed by atoms with van der Waals surface area (Å²) in [6, 6.07) is 6.94. The molecule has 0 aliphatic carbocycles. The van der Waals surface area contributed by atoms with E-state index in [1.165, 1.54) is 32.2 Å². The van der Waals surface area contributed by atoms with Crippen molar-refractivity contribution in [2.45, 2.75) is 52.1 Å². The summed E-state index contributed by atoms with van der Waals surface area (Å²) in [5, 5.41) is 0.823. The van der Waals surface area contributed by atoms with E-state index >= 15 is 0 Å². The van der Waals surface area contributed by atoms with Crippen molar-refractivity contribution in [3.63, 3.8) is 0 Å². The van der Waals surface area contributed by atoms with Gasteiger partial charge in [-0.3, -0.25) is 4.79 Å². The summed E-state index contributed by atoms with van der Waals surface area (Å²) < 4.78 is 5.46. The van der Waals surface area contributed by atoms with Gasteiger partial charge in [-0.2, -0.15) is 0 Å². The maximum absolute atomic E-state index is 13.4. The minimum atomic E-state index is 0.212. The van der Waals surface area contributed by atoms with Crippen molar-refractivity contribution in [3.05, 3.63) is 39.7 Å². The van der Waals surface area contributed by atoms with E-state index in [1.807, 2.05) is 0 Å². The molecule has 4 rings (SSSR count). The summed E-state index contributed by atoms with van der Waals surface area (Å²) in [5.74, 6) is 0. The number of nitrogens with one attached hydrogen (secondary N) is 2. The molecular weight excluding hydrogens is 338 g/mol. The maximum atomic E-state index is 13.4. The number of nitrogens with zero attached hydrogens (tertiary/aromatic N) is 1. The average molecular weight is 371 g/mol. The lowest BCUT2D eigenvalue weighted by atomic mass is 9.98. The van der Waals surface area contributed by atoms with Gasteiger partial charge in [0.25, 0.3) is 0 Å². The summed E-state index contributed by atoms with van der Waals surface area (Å²) in [4.78, 5) is 20.8. The molecule has 2 N–H and O–H groups in total. The molecule has 5 nitrogen and oxygen atoms in total. The van der Waals surface area contributed by atoms with E-state index in [0.717, 1.165) is 60.7 Å². The first-order valence-electron chi connectivity index (χ1n) is 10.5. The third-order valence-electron chi connectivity index (χ3n) is 6.45. The number of rotatable bonds is 4. The number of aromatic nitrogens is 1. The number of H-pyrrole nitrogens is 1. The Morgan fingerprint density at radius 2 is 2.07 bits per heavy atom. The SMILES string of the molecule is CCC1CCCC[NH+]1Cc1c(C)[nH]c2ccc(N3CCOCC3)cc2c1=O. The number of hydrogen-bond acceptors (Lipinski definition) is 3. The van der Waals surface area contributed by atoms with Crippen LogP contribution in [0.2, 0.25) is 0 Å². The Balaban J connectivity index is 1.69. The zero-order valence-electron chi connectivity index (χ0n) is 16.6. The molecule has 27 heavy (non-hydrogen) atoms. The fourth-order valence-corrected chi connectivity index (χ4v) is 4.77. The van der Waals surface area contributed by atoms with Crippen molar-refractivity contribution in [3.8, 4) is 0 Å². The van der Waals surface area contributed by atoms with Crippen LogP contribution in [0.5, 0.6) is 0 Å². The van der Waals surface area contributed by atoms with Gasteiger partial charge < -0.3 is 19.5 Å². The molecule has 1 aromatic heterocycles. The highest BCUT2D eigenvalue weighted by Gasteiger charge is 2.26. The van der Waals surface area contributed by atoms with Crippen LogP contribution < -0.4 is 15.2 Å².